The van der Waals surface area contributed by atoms with Gasteiger partial charge in [0.15, 0.2) is 0 Å². The fourth-order valence-corrected chi connectivity index (χ4v) is 4.35. The molecule has 0 unspecified atom stereocenters. The lowest BCUT2D eigenvalue weighted by molar-refractivity contribution is -0.145. The van der Waals surface area contributed by atoms with E-state index in [4.69, 9.17) is 0 Å². The van der Waals surface area contributed by atoms with E-state index in [2.05, 4.69) is 44.7 Å². The Balaban J connectivity index is 1.28. The van der Waals surface area contributed by atoms with Gasteiger partial charge in [0, 0.05) is 51.5 Å². The summed E-state index contributed by atoms with van der Waals surface area (Å²) in [7, 11) is 0. The van der Waals surface area contributed by atoms with Gasteiger partial charge in [0.1, 0.15) is 6.04 Å². The van der Waals surface area contributed by atoms with Crippen LogP contribution in [0.2, 0.25) is 0 Å². The van der Waals surface area contributed by atoms with Crippen LogP contribution in [0.15, 0.2) is 60.7 Å². The fourth-order valence-electron chi connectivity index (χ4n) is 4.35. The van der Waals surface area contributed by atoms with E-state index in [1.54, 1.807) is 17.0 Å². The fraction of sp³-hybridized carbons (Fsp3) is 0.400. The van der Waals surface area contributed by atoms with Crippen LogP contribution in [-0.2, 0) is 20.9 Å². The zero-order valence-electron chi connectivity index (χ0n) is 18.8. The van der Waals surface area contributed by atoms with Gasteiger partial charge in [0.05, 0.1) is 13.0 Å². The summed E-state index contributed by atoms with van der Waals surface area (Å²) in [5.41, 5.74) is 1.96. The molecule has 0 aliphatic carbocycles. The molecule has 2 fully saturated rings. The van der Waals surface area contributed by atoms with E-state index in [-0.39, 0.29) is 30.7 Å². The Morgan fingerprint density at radius 2 is 1.52 bits per heavy atom. The summed E-state index contributed by atoms with van der Waals surface area (Å²) in [6, 6.07) is 18.7. The normalized spacial score (nSPS) is 19.7. The Hall–Kier alpha value is -3.23. The number of nitrogens with zero attached hydrogens (tertiary/aromatic N) is 3. The van der Waals surface area contributed by atoms with E-state index in [1.807, 2.05) is 24.3 Å². The average molecular weight is 450 g/mol. The molecular formula is C25H31N5O3. The number of hydrogen-bond acceptors (Lipinski definition) is 5. The van der Waals surface area contributed by atoms with Crippen LogP contribution in [-0.4, -0.2) is 84.3 Å². The molecule has 0 aromatic heterocycles. The molecule has 2 saturated heterocycles. The van der Waals surface area contributed by atoms with Crippen LogP contribution in [0.5, 0.6) is 0 Å². The van der Waals surface area contributed by atoms with Gasteiger partial charge in [-0.1, -0.05) is 48.5 Å². The molecule has 33 heavy (non-hydrogen) atoms. The minimum atomic E-state index is -0.783. The molecule has 4 rings (SSSR count). The highest BCUT2D eigenvalue weighted by Crippen LogP contribution is 2.14. The summed E-state index contributed by atoms with van der Waals surface area (Å²) in [5, 5.41) is 5.59. The van der Waals surface area contributed by atoms with Gasteiger partial charge >= 0.3 is 0 Å². The topological polar surface area (TPSA) is 85.0 Å². The van der Waals surface area contributed by atoms with E-state index >= 15 is 0 Å². The molecule has 0 radical (unpaired) electrons. The molecule has 2 aliphatic heterocycles. The summed E-state index contributed by atoms with van der Waals surface area (Å²) >= 11 is 0. The van der Waals surface area contributed by atoms with Crippen LogP contribution in [0.4, 0.5) is 5.69 Å². The number of nitrogens with one attached hydrogen (secondary N) is 2. The predicted octanol–water partition coefficient (Wildman–Crippen LogP) is 1.16. The number of carbonyl (C=O) groups is 3. The number of piperazine rings is 2. The standard InChI is InChI=1S/C25H31N5O3/c31-23(27-21-9-5-2-6-10-21)17-22-25(33)26-11-12-30(22)24(32)19-29-15-13-28(14-16-29)18-20-7-3-1-4-8-20/h1-10,22H,11-19H2,(H,26,33)(H,27,31)/t22-/m0/s1. The third kappa shape index (κ3) is 6.40. The first-order valence-electron chi connectivity index (χ1n) is 11.5. The van der Waals surface area contributed by atoms with E-state index in [9.17, 15) is 14.4 Å². The van der Waals surface area contributed by atoms with E-state index < -0.39 is 6.04 Å². The number of para-hydroxylation sites is 1. The van der Waals surface area contributed by atoms with Gasteiger partial charge in [0.2, 0.25) is 17.7 Å². The highest BCUT2D eigenvalue weighted by Gasteiger charge is 2.35. The van der Waals surface area contributed by atoms with Crippen LogP contribution in [0.1, 0.15) is 12.0 Å². The van der Waals surface area contributed by atoms with Crippen LogP contribution in [0, 0.1) is 0 Å². The maximum Gasteiger partial charge on any atom is 0.243 e. The smallest absolute Gasteiger partial charge is 0.243 e. The molecule has 8 heteroatoms. The minimum Gasteiger partial charge on any atom is -0.353 e. The Bertz CT molecular complexity index is 945. The van der Waals surface area contributed by atoms with Crippen molar-refractivity contribution in [3.05, 3.63) is 66.2 Å². The van der Waals surface area contributed by atoms with E-state index in [0.717, 1.165) is 32.7 Å². The summed E-state index contributed by atoms with van der Waals surface area (Å²) in [6.45, 7) is 5.40. The van der Waals surface area contributed by atoms with Gasteiger partial charge in [0.25, 0.3) is 0 Å². The van der Waals surface area contributed by atoms with Crippen LogP contribution in [0.3, 0.4) is 0 Å². The highest BCUT2D eigenvalue weighted by molar-refractivity contribution is 5.97. The van der Waals surface area contributed by atoms with Crippen molar-refractivity contribution in [1.29, 1.82) is 0 Å². The van der Waals surface area contributed by atoms with Crippen LogP contribution in [0.25, 0.3) is 0 Å². The first-order chi connectivity index (χ1) is 16.1. The Morgan fingerprint density at radius 3 is 2.21 bits per heavy atom. The summed E-state index contributed by atoms with van der Waals surface area (Å²) in [5.74, 6) is -0.653. The molecule has 2 N–H and O–H groups in total. The van der Waals surface area contributed by atoms with Gasteiger partial charge in [-0.2, -0.15) is 0 Å². The summed E-state index contributed by atoms with van der Waals surface area (Å²) in [6.07, 6.45) is -0.0582. The molecule has 3 amide bonds. The minimum absolute atomic E-state index is 0.0582. The zero-order chi connectivity index (χ0) is 23.0. The molecule has 2 aromatic rings. The molecule has 0 bridgehead atoms. The van der Waals surface area contributed by atoms with Crippen molar-refractivity contribution in [2.75, 3.05) is 51.1 Å². The van der Waals surface area contributed by atoms with Crippen molar-refractivity contribution < 1.29 is 14.4 Å². The first-order valence-corrected chi connectivity index (χ1v) is 11.5. The summed E-state index contributed by atoms with van der Waals surface area (Å²) < 4.78 is 0. The van der Waals surface area contributed by atoms with Crippen LogP contribution < -0.4 is 10.6 Å². The number of rotatable bonds is 7. The molecule has 0 spiro atoms. The molecule has 8 nitrogen and oxygen atoms in total. The number of amides is 3. The van der Waals surface area contributed by atoms with Crippen molar-refractivity contribution in [3.63, 3.8) is 0 Å². The highest BCUT2D eigenvalue weighted by atomic mass is 16.2. The number of carbonyl (C=O) groups excluding carboxylic acids is 3. The van der Waals surface area contributed by atoms with Crippen molar-refractivity contribution in [3.8, 4) is 0 Å². The number of benzene rings is 2. The van der Waals surface area contributed by atoms with Crippen molar-refractivity contribution in [2.45, 2.75) is 19.0 Å². The molecule has 2 heterocycles. The molecular weight excluding hydrogens is 418 g/mol. The maximum atomic E-state index is 13.1. The van der Waals surface area contributed by atoms with Gasteiger partial charge in [-0.15, -0.1) is 0 Å². The van der Waals surface area contributed by atoms with Crippen molar-refractivity contribution in [1.82, 2.24) is 20.0 Å². The monoisotopic (exact) mass is 449 g/mol. The molecule has 0 saturated carbocycles. The van der Waals surface area contributed by atoms with Gasteiger partial charge in [-0.05, 0) is 17.7 Å². The van der Waals surface area contributed by atoms with Crippen LogP contribution >= 0.6 is 0 Å². The Labute approximate surface area is 194 Å². The second kappa shape index (κ2) is 11.1. The van der Waals surface area contributed by atoms with Gasteiger partial charge < -0.3 is 15.5 Å². The third-order valence-corrected chi connectivity index (χ3v) is 6.16. The average Bonchev–Trinajstić information content (AvgIpc) is 2.83. The second-order valence-electron chi connectivity index (χ2n) is 8.55. The lowest BCUT2D eigenvalue weighted by Gasteiger charge is -2.38. The number of hydrogen-bond donors (Lipinski definition) is 2. The summed E-state index contributed by atoms with van der Waals surface area (Å²) in [4.78, 5) is 44.2. The molecule has 174 valence electrons. The largest absolute Gasteiger partial charge is 0.353 e. The van der Waals surface area contributed by atoms with Crippen molar-refractivity contribution in [2.24, 2.45) is 0 Å². The number of anilines is 1. The van der Waals surface area contributed by atoms with Gasteiger partial charge in [-0.25, -0.2) is 0 Å². The Morgan fingerprint density at radius 1 is 0.879 bits per heavy atom. The second-order valence-corrected chi connectivity index (χ2v) is 8.55. The quantitative estimate of drug-likeness (QED) is 0.663. The van der Waals surface area contributed by atoms with E-state index in [0.29, 0.717) is 18.8 Å². The lowest BCUT2D eigenvalue weighted by Crippen LogP contribution is -2.60. The van der Waals surface area contributed by atoms with Gasteiger partial charge in [-0.3, -0.25) is 24.2 Å². The third-order valence-electron chi connectivity index (χ3n) is 6.16. The van der Waals surface area contributed by atoms with E-state index in [1.165, 1.54) is 5.56 Å². The molecule has 2 aromatic carbocycles. The molecule has 1 atom stereocenters. The molecule has 2 aliphatic rings. The van der Waals surface area contributed by atoms with Crippen molar-refractivity contribution >= 4 is 23.4 Å². The SMILES string of the molecule is O=C(C[C@H]1C(=O)NCCN1C(=O)CN1CCN(Cc2ccccc2)CC1)Nc1ccccc1. The first kappa shape index (κ1) is 22.9. The lowest BCUT2D eigenvalue weighted by atomic mass is 10.1. The maximum absolute atomic E-state index is 13.1. The predicted molar refractivity (Wildman–Crippen MR) is 126 cm³/mol. The Kier molecular flexibility index (Phi) is 7.70. The zero-order valence-corrected chi connectivity index (χ0v) is 18.8.